The van der Waals surface area contributed by atoms with Crippen molar-refractivity contribution in [1.82, 2.24) is 14.8 Å². The third-order valence-electron chi connectivity index (χ3n) is 5.23. The van der Waals surface area contributed by atoms with Crippen LogP contribution in [0.2, 0.25) is 0 Å². The normalized spacial score (nSPS) is 10.8. The molecule has 0 bridgehead atoms. The molecular weight excluding hydrogens is 398 g/mol. The lowest BCUT2D eigenvalue weighted by atomic mass is 10.0. The van der Waals surface area contributed by atoms with Gasteiger partial charge in [0, 0.05) is 12.3 Å². The maximum atomic E-state index is 12.4. The number of pyridine rings is 1. The second-order valence-corrected chi connectivity index (χ2v) is 7.41. The minimum absolute atomic E-state index is 0.145. The number of benzene rings is 3. The minimum Gasteiger partial charge on any atom is -0.489 e. The van der Waals surface area contributed by atoms with E-state index in [2.05, 4.69) is 22.2 Å². The van der Waals surface area contributed by atoms with Gasteiger partial charge >= 0.3 is 0 Å². The van der Waals surface area contributed by atoms with Crippen LogP contribution in [0.15, 0.2) is 114 Å². The largest absolute Gasteiger partial charge is 0.489 e. The topological polar surface area (TPSA) is 59.9 Å². The summed E-state index contributed by atoms with van der Waals surface area (Å²) in [6.45, 7) is 0.547. The number of rotatable bonds is 6. The molecule has 2 heterocycles. The molecule has 5 nitrogen and oxygen atoms in total. The summed E-state index contributed by atoms with van der Waals surface area (Å²) in [7, 11) is 0. The fourth-order valence-electron chi connectivity index (χ4n) is 3.53. The molecule has 0 saturated heterocycles. The van der Waals surface area contributed by atoms with Gasteiger partial charge in [0.15, 0.2) is 5.82 Å². The molecule has 2 aromatic heterocycles. The first-order valence-electron chi connectivity index (χ1n) is 10.4. The Hall–Kier alpha value is -4.38. The third-order valence-corrected chi connectivity index (χ3v) is 5.23. The SMILES string of the molecule is O=c1cc(-c2ccc(-c3ccc(OCc4ccccc4)cc3)cc2)[nH]n1-c1ccccn1. The summed E-state index contributed by atoms with van der Waals surface area (Å²) in [4.78, 5) is 16.6. The highest BCUT2D eigenvalue weighted by molar-refractivity contribution is 5.69. The van der Waals surface area contributed by atoms with Crippen LogP contribution in [0.25, 0.3) is 28.2 Å². The van der Waals surface area contributed by atoms with Crippen molar-refractivity contribution >= 4 is 0 Å². The lowest BCUT2D eigenvalue weighted by molar-refractivity contribution is 0.306. The molecule has 3 aromatic carbocycles. The van der Waals surface area contributed by atoms with Crippen LogP contribution in [0.3, 0.4) is 0 Å². The van der Waals surface area contributed by atoms with E-state index in [0.717, 1.165) is 33.7 Å². The Bertz CT molecular complexity index is 1350. The first kappa shape index (κ1) is 19.6. The number of nitrogens with one attached hydrogen (secondary N) is 1. The van der Waals surface area contributed by atoms with Gasteiger partial charge in [-0.1, -0.05) is 72.8 Å². The molecule has 0 aliphatic heterocycles. The minimum atomic E-state index is -0.145. The van der Waals surface area contributed by atoms with Crippen molar-refractivity contribution in [3.05, 3.63) is 125 Å². The van der Waals surface area contributed by atoms with Crippen molar-refractivity contribution in [2.24, 2.45) is 0 Å². The van der Waals surface area contributed by atoms with E-state index < -0.39 is 0 Å². The van der Waals surface area contributed by atoms with E-state index >= 15 is 0 Å². The highest BCUT2D eigenvalue weighted by Crippen LogP contribution is 2.26. The number of aromatic nitrogens is 3. The van der Waals surface area contributed by atoms with Crippen LogP contribution in [0, 0.1) is 0 Å². The van der Waals surface area contributed by atoms with E-state index in [9.17, 15) is 4.79 Å². The zero-order chi connectivity index (χ0) is 21.8. The van der Waals surface area contributed by atoms with Gasteiger partial charge in [0.25, 0.3) is 5.56 Å². The molecule has 0 aliphatic rings. The molecule has 0 fully saturated rings. The van der Waals surface area contributed by atoms with Crippen LogP contribution < -0.4 is 10.3 Å². The van der Waals surface area contributed by atoms with Crippen molar-refractivity contribution < 1.29 is 4.74 Å². The van der Waals surface area contributed by atoms with Crippen LogP contribution in [0.1, 0.15) is 5.56 Å². The highest BCUT2D eigenvalue weighted by Gasteiger charge is 2.08. The predicted octanol–water partition coefficient (Wildman–Crippen LogP) is 5.47. The van der Waals surface area contributed by atoms with Crippen molar-refractivity contribution in [3.8, 4) is 34.0 Å². The first-order valence-corrected chi connectivity index (χ1v) is 10.4. The van der Waals surface area contributed by atoms with Crippen LogP contribution in [0.4, 0.5) is 0 Å². The lowest BCUT2D eigenvalue weighted by Gasteiger charge is -2.08. The maximum Gasteiger partial charge on any atom is 0.273 e. The molecule has 32 heavy (non-hydrogen) atoms. The van der Waals surface area contributed by atoms with Crippen molar-refractivity contribution in [2.45, 2.75) is 6.61 Å². The van der Waals surface area contributed by atoms with Crippen LogP contribution in [0.5, 0.6) is 5.75 Å². The van der Waals surface area contributed by atoms with Gasteiger partial charge in [-0.3, -0.25) is 9.89 Å². The van der Waals surface area contributed by atoms with E-state index in [4.69, 9.17) is 4.74 Å². The Kier molecular flexibility index (Phi) is 5.37. The number of hydrogen-bond donors (Lipinski definition) is 1. The average Bonchev–Trinajstić information content (AvgIpc) is 3.26. The van der Waals surface area contributed by atoms with E-state index in [1.54, 1.807) is 18.3 Å². The molecule has 0 atom stereocenters. The van der Waals surface area contributed by atoms with Gasteiger partial charge in [0.2, 0.25) is 0 Å². The lowest BCUT2D eigenvalue weighted by Crippen LogP contribution is -2.14. The van der Waals surface area contributed by atoms with E-state index in [1.807, 2.05) is 78.9 Å². The quantitative estimate of drug-likeness (QED) is 0.397. The van der Waals surface area contributed by atoms with Gasteiger partial charge in [0.05, 0.1) is 5.69 Å². The van der Waals surface area contributed by atoms with Crippen LogP contribution in [-0.4, -0.2) is 14.8 Å². The predicted molar refractivity (Wildman–Crippen MR) is 126 cm³/mol. The number of ether oxygens (including phenoxy) is 1. The Morgan fingerprint density at radius 3 is 2.09 bits per heavy atom. The summed E-state index contributed by atoms with van der Waals surface area (Å²) in [5, 5.41) is 3.13. The summed E-state index contributed by atoms with van der Waals surface area (Å²) in [6.07, 6.45) is 1.66. The van der Waals surface area contributed by atoms with Crippen molar-refractivity contribution in [1.29, 1.82) is 0 Å². The monoisotopic (exact) mass is 419 g/mol. The summed E-state index contributed by atoms with van der Waals surface area (Å²) in [6, 6.07) is 33.3. The Morgan fingerprint density at radius 1 is 0.750 bits per heavy atom. The van der Waals surface area contributed by atoms with Gasteiger partial charge in [0.1, 0.15) is 12.4 Å². The Balaban J connectivity index is 1.30. The van der Waals surface area contributed by atoms with E-state index in [1.165, 1.54) is 4.68 Å². The molecule has 0 amide bonds. The van der Waals surface area contributed by atoms with Gasteiger partial charge < -0.3 is 4.74 Å². The van der Waals surface area contributed by atoms with Crippen LogP contribution in [-0.2, 0) is 6.61 Å². The van der Waals surface area contributed by atoms with Gasteiger partial charge in [-0.15, -0.1) is 0 Å². The van der Waals surface area contributed by atoms with Crippen LogP contribution >= 0.6 is 0 Å². The molecule has 0 radical (unpaired) electrons. The molecule has 5 aromatic rings. The molecule has 1 N–H and O–H groups in total. The smallest absolute Gasteiger partial charge is 0.273 e. The fourth-order valence-corrected chi connectivity index (χ4v) is 3.53. The Labute approximate surface area is 185 Å². The molecular formula is C27H21N3O2. The molecule has 0 spiro atoms. The molecule has 0 unspecified atom stereocenters. The highest BCUT2D eigenvalue weighted by atomic mass is 16.5. The second kappa shape index (κ2) is 8.78. The molecule has 5 rings (SSSR count). The summed E-state index contributed by atoms with van der Waals surface area (Å²) >= 11 is 0. The Morgan fingerprint density at radius 2 is 1.41 bits per heavy atom. The standard InChI is InChI=1S/C27H21N3O2/c31-27-18-25(29-30(27)26-8-4-5-17-28-26)23-11-9-21(10-12-23)22-13-15-24(16-14-22)32-19-20-6-2-1-3-7-20/h1-18,29H,19H2. The van der Waals surface area contributed by atoms with Crippen molar-refractivity contribution in [2.75, 3.05) is 0 Å². The molecule has 156 valence electrons. The zero-order valence-corrected chi connectivity index (χ0v) is 17.3. The molecule has 0 aliphatic carbocycles. The summed E-state index contributed by atoms with van der Waals surface area (Å²) in [5.41, 5.74) is 4.87. The van der Waals surface area contributed by atoms with Gasteiger partial charge in [-0.25, -0.2) is 9.67 Å². The number of hydrogen-bond acceptors (Lipinski definition) is 3. The number of aromatic amines is 1. The second-order valence-electron chi connectivity index (χ2n) is 7.41. The zero-order valence-electron chi connectivity index (χ0n) is 17.3. The number of H-pyrrole nitrogens is 1. The maximum absolute atomic E-state index is 12.4. The summed E-state index contributed by atoms with van der Waals surface area (Å²) < 4.78 is 7.31. The average molecular weight is 419 g/mol. The third kappa shape index (κ3) is 4.23. The van der Waals surface area contributed by atoms with Gasteiger partial charge in [-0.2, -0.15) is 0 Å². The first-order chi connectivity index (χ1) is 15.8. The summed E-state index contributed by atoms with van der Waals surface area (Å²) in [5.74, 6) is 1.40. The van der Waals surface area contributed by atoms with Gasteiger partial charge in [-0.05, 0) is 46.5 Å². The van der Waals surface area contributed by atoms with Crippen molar-refractivity contribution in [3.63, 3.8) is 0 Å². The van der Waals surface area contributed by atoms with E-state index in [0.29, 0.717) is 12.4 Å². The molecule has 0 saturated carbocycles. The van der Waals surface area contributed by atoms with E-state index in [-0.39, 0.29) is 5.56 Å². The number of nitrogens with zero attached hydrogens (tertiary/aromatic N) is 2. The fraction of sp³-hybridized carbons (Fsp3) is 0.0370. The molecule has 5 heteroatoms.